The molecule has 0 aliphatic rings. The van der Waals surface area contributed by atoms with Gasteiger partial charge in [0.05, 0.1) is 6.21 Å². The summed E-state index contributed by atoms with van der Waals surface area (Å²) >= 11 is 8.38. The summed E-state index contributed by atoms with van der Waals surface area (Å²) in [6, 6.07) is 7.80. The molecule has 1 heterocycles. The van der Waals surface area contributed by atoms with E-state index in [1.165, 1.54) is 11.0 Å². The number of rotatable bonds is 2. The number of hydrogen-bond donors (Lipinski definition) is 1. The van der Waals surface area contributed by atoms with Crippen molar-refractivity contribution in [1.82, 2.24) is 14.9 Å². The Morgan fingerprint density at radius 3 is 2.93 bits per heavy atom. The van der Waals surface area contributed by atoms with Gasteiger partial charge in [0, 0.05) is 10.0 Å². The number of nitrogens with zero attached hydrogens (tertiary/aromatic N) is 3. The minimum Gasteiger partial charge on any atom is -0.250 e. The molecule has 15 heavy (non-hydrogen) atoms. The third kappa shape index (κ3) is 2.40. The maximum Gasteiger partial charge on any atom is 0.216 e. The van der Waals surface area contributed by atoms with Crippen LogP contribution in [-0.2, 0) is 0 Å². The molecule has 1 aromatic carbocycles. The van der Waals surface area contributed by atoms with Crippen LogP contribution >= 0.6 is 28.1 Å². The molecular weight excluding hydrogens is 276 g/mol. The fraction of sp³-hybridized carbons (Fsp3) is 0. The molecular formula is C9H7BrN4S. The molecule has 0 amide bonds. The van der Waals surface area contributed by atoms with E-state index in [4.69, 9.17) is 12.2 Å². The molecule has 4 nitrogen and oxygen atoms in total. The maximum atomic E-state index is 4.95. The third-order valence-electron chi connectivity index (χ3n) is 1.76. The Morgan fingerprint density at radius 2 is 2.27 bits per heavy atom. The molecule has 76 valence electrons. The molecule has 0 bridgehead atoms. The van der Waals surface area contributed by atoms with Crippen molar-refractivity contribution in [2.45, 2.75) is 0 Å². The monoisotopic (exact) mass is 282 g/mol. The van der Waals surface area contributed by atoms with E-state index in [0.717, 1.165) is 10.0 Å². The summed E-state index contributed by atoms with van der Waals surface area (Å²) in [5, 5.41) is 10.5. The van der Waals surface area contributed by atoms with Crippen molar-refractivity contribution in [3.05, 3.63) is 45.4 Å². The predicted molar refractivity (Wildman–Crippen MR) is 64.5 cm³/mol. The second-order valence-corrected chi connectivity index (χ2v) is 4.01. The average molecular weight is 283 g/mol. The van der Waals surface area contributed by atoms with Crippen LogP contribution in [0.25, 0.3) is 0 Å². The predicted octanol–water partition coefficient (Wildman–Crippen LogP) is 2.59. The van der Waals surface area contributed by atoms with Crippen LogP contribution in [0.4, 0.5) is 0 Å². The lowest BCUT2D eigenvalue weighted by atomic mass is 10.2. The van der Waals surface area contributed by atoms with Gasteiger partial charge in [0.25, 0.3) is 0 Å². The van der Waals surface area contributed by atoms with Crippen molar-refractivity contribution >= 4 is 34.4 Å². The van der Waals surface area contributed by atoms with Crippen LogP contribution in [0.3, 0.4) is 0 Å². The first-order valence-corrected chi connectivity index (χ1v) is 5.38. The van der Waals surface area contributed by atoms with Crippen molar-refractivity contribution in [3.8, 4) is 0 Å². The van der Waals surface area contributed by atoms with E-state index in [0.29, 0.717) is 4.77 Å². The highest BCUT2D eigenvalue weighted by atomic mass is 79.9. The zero-order chi connectivity index (χ0) is 10.7. The number of benzene rings is 1. The second kappa shape index (κ2) is 4.50. The lowest BCUT2D eigenvalue weighted by Crippen LogP contribution is -1.89. The third-order valence-corrected chi connectivity index (χ3v) is 2.76. The minimum absolute atomic E-state index is 0.471. The highest BCUT2D eigenvalue weighted by Gasteiger charge is 1.94. The molecule has 0 fully saturated rings. The van der Waals surface area contributed by atoms with Crippen molar-refractivity contribution in [2.75, 3.05) is 0 Å². The summed E-state index contributed by atoms with van der Waals surface area (Å²) in [5.41, 5.74) is 0.987. The van der Waals surface area contributed by atoms with E-state index in [1.54, 1.807) is 6.21 Å². The zero-order valence-corrected chi connectivity index (χ0v) is 9.99. The highest BCUT2D eigenvalue weighted by Crippen LogP contribution is 2.13. The second-order valence-electron chi connectivity index (χ2n) is 2.77. The van der Waals surface area contributed by atoms with E-state index in [2.05, 4.69) is 31.2 Å². The summed E-state index contributed by atoms with van der Waals surface area (Å²) in [6.07, 6.45) is 3.24. The molecule has 0 atom stereocenters. The van der Waals surface area contributed by atoms with Crippen LogP contribution in [0.15, 0.2) is 40.2 Å². The fourth-order valence-corrected chi connectivity index (χ4v) is 1.56. The van der Waals surface area contributed by atoms with Crippen molar-refractivity contribution in [2.24, 2.45) is 5.10 Å². The molecule has 0 spiro atoms. The van der Waals surface area contributed by atoms with E-state index in [-0.39, 0.29) is 0 Å². The lowest BCUT2D eigenvalue weighted by molar-refractivity contribution is 0.862. The molecule has 2 aromatic rings. The number of nitrogens with one attached hydrogen (secondary N) is 1. The van der Waals surface area contributed by atoms with Crippen LogP contribution in [0.2, 0.25) is 0 Å². The summed E-state index contributed by atoms with van der Waals surface area (Å²) in [7, 11) is 0. The first-order chi connectivity index (χ1) is 7.27. The van der Waals surface area contributed by atoms with Gasteiger partial charge < -0.3 is 0 Å². The van der Waals surface area contributed by atoms with Crippen molar-refractivity contribution in [1.29, 1.82) is 0 Å². The minimum atomic E-state index is 0.471. The van der Waals surface area contributed by atoms with Crippen LogP contribution in [0.5, 0.6) is 0 Å². The van der Waals surface area contributed by atoms with E-state index < -0.39 is 0 Å². The molecule has 0 radical (unpaired) electrons. The van der Waals surface area contributed by atoms with Gasteiger partial charge in [-0.05, 0) is 18.3 Å². The SMILES string of the molecule is S=c1[nH]ncn1/N=C/c1ccccc1Br. The molecule has 0 unspecified atom stereocenters. The number of halogens is 1. The van der Waals surface area contributed by atoms with Gasteiger partial charge in [-0.25, -0.2) is 0 Å². The zero-order valence-electron chi connectivity index (χ0n) is 7.59. The van der Waals surface area contributed by atoms with E-state index >= 15 is 0 Å². The van der Waals surface area contributed by atoms with Crippen molar-refractivity contribution < 1.29 is 0 Å². The first-order valence-electron chi connectivity index (χ1n) is 4.18. The summed E-state index contributed by atoms with van der Waals surface area (Å²) in [6.45, 7) is 0. The number of H-pyrrole nitrogens is 1. The largest absolute Gasteiger partial charge is 0.250 e. The topological polar surface area (TPSA) is 46.0 Å². The standard InChI is InChI=1S/C9H7BrN4S/c10-8-4-2-1-3-7(8)5-12-14-6-11-13-9(14)15/h1-6H,(H,13,15)/b12-5+. The van der Waals surface area contributed by atoms with Gasteiger partial charge in [0.1, 0.15) is 6.33 Å². The van der Waals surface area contributed by atoms with Crippen LogP contribution in [0, 0.1) is 4.77 Å². The lowest BCUT2D eigenvalue weighted by Gasteiger charge is -1.95. The quantitative estimate of drug-likeness (QED) is 0.680. The smallest absolute Gasteiger partial charge is 0.216 e. The maximum absolute atomic E-state index is 4.95. The molecule has 6 heteroatoms. The Balaban J connectivity index is 2.30. The van der Waals surface area contributed by atoms with Crippen LogP contribution < -0.4 is 0 Å². The van der Waals surface area contributed by atoms with Crippen LogP contribution in [-0.4, -0.2) is 21.1 Å². The van der Waals surface area contributed by atoms with E-state index in [1.807, 2.05) is 24.3 Å². The van der Waals surface area contributed by atoms with Gasteiger partial charge >= 0.3 is 0 Å². The molecule has 0 aliphatic carbocycles. The van der Waals surface area contributed by atoms with Gasteiger partial charge in [0.15, 0.2) is 0 Å². The average Bonchev–Trinajstić information content (AvgIpc) is 2.63. The summed E-state index contributed by atoms with van der Waals surface area (Å²) in [4.78, 5) is 0. The molecule has 0 saturated carbocycles. The summed E-state index contributed by atoms with van der Waals surface area (Å²) < 4.78 is 2.96. The molecule has 2 rings (SSSR count). The van der Waals surface area contributed by atoms with E-state index in [9.17, 15) is 0 Å². The molecule has 1 aromatic heterocycles. The number of aromatic nitrogens is 3. The fourth-order valence-electron chi connectivity index (χ4n) is 1.03. The normalized spacial score (nSPS) is 11.0. The Kier molecular flexibility index (Phi) is 3.08. The van der Waals surface area contributed by atoms with Gasteiger partial charge in [-0.1, -0.05) is 34.1 Å². The first kappa shape index (κ1) is 10.3. The van der Waals surface area contributed by atoms with Gasteiger partial charge in [-0.3, -0.25) is 5.10 Å². The number of hydrogen-bond acceptors (Lipinski definition) is 3. The molecule has 1 N–H and O–H groups in total. The van der Waals surface area contributed by atoms with Gasteiger partial charge in [-0.15, -0.1) is 0 Å². The highest BCUT2D eigenvalue weighted by molar-refractivity contribution is 9.10. The number of aromatic amines is 1. The summed E-state index contributed by atoms with van der Waals surface area (Å²) in [5.74, 6) is 0. The van der Waals surface area contributed by atoms with Crippen LogP contribution in [0.1, 0.15) is 5.56 Å². The Hall–Kier alpha value is -1.27. The molecule has 0 aliphatic heterocycles. The van der Waals surface area contributed by atoms with Gasteiger partial charge in [0.2, 0.25) is 4.77 Å². The Morgan fingerprint density at radius 1 is 1.47 bits per heavy atom. The Bertz CT molecular complexity index is 543. The van der Waals surface area contributed by atoms with Gasteiger partial charge in [-0.2, -0.15) is 14.9 Å². The van der Waals surface area contributed by atoms with Crippen molar-refractivity contribution in [3.63, 3.8) is 0 Å². The Labute approximate surface area is 99.8 Å². The molecule has 0 saturated heterocycles.